The van der Waals surface area contributed by atoms with Gasteiger partial charge in [-0.25, -0.2) is 4.79 Å². The van der Waals surface area contributed by atoms with Crippen molar-refractivity contribution in [2.24, 2.45) is 5.92 Å². The van der Waals surface area contributed by atoms with Gasteiger partial charge in [-0.3, -0.25) is 4.79 Å². The summed E-state index contributed by atoms with van der Waals surface area (Å²) in [4.78, 5) is 25.1. The van der Waals surface area contributed by atoms with E-state index in [1.807, 2.05) is 42.2 Å². The van der Waals surface area contributed by atoms with E-state index >= 15 is 0 Å². The van der Waals surface area contributed by atoms with E-state index in [0.717, 1.165) is 12.1 Å². The van der Waals surface area contributed by atoms with E-state index in [2.05, 4.69) is 5.32 Å². The van der Waals surface area contributed by atoms with Crippen molar-refractivity contribution in [1.82, 2.24) is 10.2 Å². The number of amides is 2. The fraction of sp³-hybridized carbons (Fsp3) is 0.556. The number of aliphatic carboxylic acids is 1. The minimum Gasteiger partial charge on any atom is -0.481 e. The lowest BCUT2D eigenvalue weighted by atomic mass is 10.0. The van der Waals surface area contributed by atoms with Crippen LogP contribution in [0.2, 0.25) is 0 Å². The summed E-state index contributed by atoms with van der Waals surface area (Å²) in [6.07, 6.45) is 3.57. The molecule has 1 unspecified atom stereocenters. The second-order valence-electron chi connectivity index (χ2n) is 6.25. The fourth-order valence-electron chi connectivity index (χ4n) is 2.66. The van der Waals surface area contributed by atoms with Gasteiger partial charge in [-0.05, 0) is 44.1 Å². The Bertz CT molecular complexity index is 514. The molecule has 0 spiro atoms. The molecule has 1 atom stereocenters. The zero-order valence-corrected chi connectivity index (χ0v) is 13.7. The number of nitrogens with one attached hydrogen (secondary N) is 1. The molecule has 0 saturated heterocycles. The number of carboxylic acids is 1. The van der Waals surface area contributed by atoms with Crippen molar-refractivity contribution in [3.05, 3.63) is 35.9 Å². The molecule has 1 aromatic rings. The van der Waals surface area contributed by atoms with Crippen LogP contribution in [-0.4, -0.2) is 41.1 Å². The van der Waals surface area contributed by atoms with E-state index in [4.69, 9.17) is 5.11 Å². The quantitative estimate of drug-likeness (QED) is 0.735. The molecular weight excluding hydrogens is 292 g/mol. The third-order valence-corrected chi connectivity index (χ3v) is 4.20. The maximum absolute atomic E-state index is 12.5. The first-order valence-corrected chi connectivity index (χ1v) is 8.39. The number of benzene rings is 1. The average molecular weight is 318 g/mol. The molecule has 1 aliphatic carbocycles. The molecule has 5 nitrogen and oxygen atoms in total. The van der Waals surface area contributed by atoms with E-state index in [-0.39, 0.29) is 18.5 Å². The lowest BCUT2D eigenvalue weighted by Crippen LogP contribution is -2.46. The molecule has 1 saturated carbocycles. The molecular formula is C18H26N2O3. The van der Waals surface area contributed by atoms with Crippen LogP contribution in [0.1, 0.15) is 38.2 Å². The minimum absolute atomic E-state index is 0.0620. The van der Waals surface area contributed by atoms with Crippen LogP contribution in [0, 0.1) is 5.92 Å². The van der Waals surface area contributed by atoms with Gasteiger partial charge in [0.1, 0.15) is 0 Å². The second-order valence-corrected chi connectivity index (χ2v) is 6.25. The van der Waals surface area contributed by atoms with Crippen molar-refractivity contribution in [3.63, 3.8) is 0 Å². The van der Waals surface area contributed by atoms with Gasteiger partial charge in [0.25, 0.3) is 0 Å². The Morgan fingerprint density at radius 2 is 2.00 bits per heavy atom. The summed E-state index contributed by atoms with van der Waals surface area (Å²) >= 11 is 0. The summed E-state index contributed by atoms with van der Waals surface area (Å²) in [5.74, 6) is -0.185. The number of hydrogen-bond donors (Lipinski definition) is 2. The van der Waals surface area contributed by atoms with Crippen molar-refractivity contribution in [1.29, 1.82) is 0 Å². The van der Waals surface area contributed by atoms with Gasteiger partial charge < -0.3 is 15.3 Å². The molecule has 23 heavy (non-hydrogen) atoms. The predicted molar refractivity (Wildman–Crippen MR) is 89.3 cm³/mol. The Balaban J connectivity index is 1.94. The molecule has 0 radical (unpaired) electrons. The number of hydrogen-bond acceptors (Lipinski definition) is 2. The molecule has 2 N–H and O–H groups in total. The van der Waals surface area contributed by atoms with Crippen LogP contribution in [0.3, 0.4) is 0 Å². The number of urea groups is 1. The SMILES string of the molecule is CCN(CC1CC1)C(=O)NC(CCC(=O)O)Cc1ccccc1. The van der Waals surface area contributed by atoms with E-state index < -0.39 is 5.97 Å². The van der Waals surface area contributed by atoms with Gasteiger partial charge >= 0.3 is 12.0 Å². The molecule has 1 aliphatic rings. The van der Waals surface area contributed by atoms with Crippen LogP contribution in [-0.2, 0) is 11.2 Å². The van der Waals surface area contributed by atoms with Gasteiger partial charge in [-0.15, -0.1) is 0 Å². The first kappa shape index (κ1) is 17.3. The standard InChI is InChI=1S/C18H26N2O3/c1-2-20(13-15-8-9-15)18(23)19-16(10-11-17(21)22)12-14-6-4-3-5-7-14/h3-7,15-16H,2,8-13H2,1H3,(H,19,23)(H,21,22). The normalized spacial score (nSPS) is 15.0. The first-order chi connectivity index (χ1) is 11.1. The molecule has 0 heterocycles. The zero-order valence-electron chi connectivity index (χ0n) is 13.7. The molecule has 0 bridgehead atoms. The zero-order chi connectivity index (χ0) is 16.7. The van der Waals surface area contributed by atoms with Crippen LogP contribution in [0.5, 0.6) is 0 Å². The summed E-state index contributed by atoms with van der Waals surface area (Å²) in [6, 6.07) is 9.62. The summed E-state index contributed by atoms with van der Waals surface area (Å²) in [5.41, 5.74) is 1.11. The van der Waals surface area contributed by atoms with Gasteiger partial charge in [-0.2, -0.15) is 0 Å². The highest BCUT2D eigenvalue weighted by molar-refractivity contribution is 5.74. The second kappa shape index (κ2) is 8.56. The first-order valence-electron chi connectivity index (χ1n) is 8.39. The highest BCUT2D eigenvalue weighted by atomic mass is 16.4. The van der Waals surface area contributed by atoms with Crippen molar-refractivity contribution in [3.8, 4) is 0 Å². The maximum atomic E-state index is 12.5. The number of nitrogens with zero attached hydrogens (tertiary/aromatic N) is 1. The van der Waals surface area contributed by atoms with Crippen molar-refractivity contribution in [2.45, 2.75) is 45.1 Å². The number of carbonyl (C=O) groups is 2. The van der Waals surface area contributed by atoms with E-state index in [9.17, 15) is 9.59 Å². The maximum Gasteiger partial charge on any atom is 0.317 e. The van der Waals surface area contributed by atoms with E-state index in [0.29, 0.717) is 25.3 Å². The van der Waals surface area contributed by atoms with Crippen LogP contribution in [0.25, 0.3) is 0 Å². The summed E-state index contributed by atoms with van der Waals surface area (Å²) in [7, 11) is 0. The molecule has 2 rings (SSSR count). The lowest BCUT2D eigenvalue weighted by Gasteiger charge is -2.25. The number of carbonyl (C=O) groups excluding carboxylic acids is 1. The molecule has 1 fully saturated rings. The van der Waals surface area contributed by atoms with Crippen molar-refractivity contribution in [2.75, 3.05) is 13.1 Å². The van der Waals surface area contributed by atoms with Gasteiger partial charge in [0, 0.05) is 25.6 Å². The van der Waals surface area contributed by atoms with Crippen LogP contribution in [0.15, 0.2) is 30.3 Å². The van der Waals surface area contributed by atoms with Crippen molar-refractivity contribution < 1.29 is 14.7 Å². The topological polar surface area (TPSA) is 69.6 Å². The van der Waals surface area contributed by atoms with Crippen molar-refractivity contribution >= 4 is 12.0 Å². The van der Waals surface area contributed by atoms with E-state index in [1.165, 1.54) is 12.8 Å². The molecule has 0 aliphatic heterocycles. The summed E-state index contributed by atoms with van der Waals surface area (Å²) in [6.45, 7) is 3.46. The number of carboxylic acid groups (broad SMARTS) is 1. The molecule has 1 aromatic carbocycles. The van der Waals surface area contributed by atoms with Gasteiger partial charge in [0.2, 0.25) is 0 Å². The Kier molecular flexibility index (Phi) is 6.44. The summed E-state index contributed by atoms with van der Waals surface area (Å²) < 4.78 is 0. The third-order valence-electron chi connectivity index (χ3n) is 4.20. The Morgan fingerprint density at radius 1 is 1.30 bits per heavy atom. The van der Waals surface area contributed by atoms with Crippen LogP contribution >= 0.6 is 0 Å². The highest BCUT2D eigenvalue weighted by Gasteiger charge is 2.27. The van der Waals surface area contributed by atoms with Gasteiger partial charge in [0.15, 0.2) is 0 Å². The lowest BCUT2D eigenvalue weighted by molar-refractivity contribution is -0.137. The Morgan fingerprint density at radius 3 is 2.57 bits per heavy atom. The molecule has 5 heteroatoms. The van der Waals surface area contributed by atoms with Gasteiger partial charge in [0.05, 0.1) is 0 Å². The molecule has 0 aromatic heterocycles. The van der Waals surface area contributed by atoms with Crippen LogP contribution < -0.4 is 5.32 Å². The van der Waals surface area contributed by atoms with E-state index in [1.54, 1.807) is 0 Å². The third kappa shape index (κ3) is 6.30. The van der Waals surface area contributed by atoms with Crippen LogP contribution in [0.4, 0.5) is 4.79 Å². The highest BCUT2D eigenvalue weighted by Crippen LogP contribution is 2.29. The summed E-state index contributed by atoms with van der Waals surface area (Å²) in [5, 5.41) is 12.0. The largest absolute Gasteiger partial charge is 0.481 e. The molecule has 126 valence electrons. The fourth-order valence-corrected chi connectivity index (χ4v) is 2.66. The smallest absolute Gasteiger partial charge is 0.317 e. The van der Waals surface area contributed by atoms with Gasteiger partial charge in [-0.1, -0.05) is 30.3 Å². The Hall–Kier alpha value is -2.04. The molecule has 2 amide bonds. The predicted octanol–water partition coefficient (Wildman–Crippen LogP) is 2.90. The average Bonchev–Trinajstić information content (AvgIpc) is 3.35. The Labute approximate surface area is 137 Å². The number of rotatable bonds is 9. The minimum atomic E-state index is -0.831. The monoisotopic (exact) mass is 318 g/mol.